The van der Waals surface area contributed by atoms with Crippen LogP contribution in [0.3, 0.4) is 0 Å². The summed E-state index contributed by atoms with van der Waals surface area (Å²) in [4.78, 5) is 0. The Morgan fingerprint density at radius 2 is 2.17 bits per heavy atom. The van der Waals surface area contributed by atoms with Gasteiger partial charge in [0.25, 0.3) is 10.1 Å². The van der Waals surface area contributed by atoms with Crippen LogP contribution in [0.1, 0.15) is 8.29 Å². The van der Waals surface area contributed by atoms with E-state index in [1.54, 1.807) is 0 Å². The van der Waals surface area contributed by atoms with Gasteiger partial charge >= 0.3 is 0 Å². The smallest absolute Gasteiger partial charge is 0.264 e. The Morgan fingerprint density at radius 3 is 2.17 bits per heavy atom. The monoisotopic (exact) mass is 111 g/mol. The van der Waals surface area contributed by atoms with Gasteiger partial charge in [-0.25, -0.2) is 0 Å². The van der Waals surface area contributed by atoms with Crippen molar-refractivity contribution < 1.29 is 14.3 Å². The fourth-order valence-corrected chi connectivity index (χ4v) is 0. The van der Waals surface area contributed by atoms with E-state index in [0.717, 1.165) is 6.92 Å². The first-order valence-corrected chi connectivity index (χ1v) is 2.83. The van der Waals surface area contributed by atoms with E-state index >= 15 is 0 Å². The second kappa shape index (κ2) is 1.57. The zero-order valence-corrected chi connectivity index (χ0v) is 4.07. The maximum Gasteiger partial charge on any atom is 0.264 e. The molecule has 0 aromatic heterocycles. The van der Waals surface area contributed by atoms with E-state index in [-0.39, 0.29) is 0 Å². The van der Waals surface area contributed by atoms with Crippen molar-refractivity contribution in [2.45, 2.75) is 6.92 Å². The van der Waals surface area contributed by atoms with E-state index in [1.807, 2.05) is 0 Å². The molecule has 6 heavy (non-hydrogen) atoms. The molecule has 0 aromatic rings. The molecule has 0 aliphatic carbocycles. The lowest BCUT2D eigenvalue weighted by Gasteiger charge is -1.79. The van der Waals surface area contributed by atoms with Crippen LogP contribution in [0.5, 0.6) is 0 Å². The fraction of sp³-hybridized carbons (Fsp3) is 1.00. The van der Waals surface area contributed by atoms with Crippen molar-refractivity contribution in [3.05, 3.63) is 0 Å². The topological polar surface area (TPSA) is 54.4 Å². The molecule has 0 saturated carbocycles. The molecule has 0 bridgehead atoms. The molecule has 0 heterocycles. The minimum atomic E-state index is -4.07. The minimum Gasteiger partial charge on any atom is -0.286 e. The lowest BCUT2D eigenvalue weighted by atomic mass is 11.0. The molecule has 0 saturated heterocycles. The van der Waals surface area contributed by atoms with Gasteiger partial charge in [0.1, 0.15) is 0 Å². The Kier molecular flexibility index (Phi) is 1.07. The summed E-state index contributed by atoms with van der Waals surface area (Å²) in [6, 6.07) is 0. The Morgan fingerprint density at radius 1 is 2.00 bits per heavy atom. The third-order valence-electron chi connectivity index (χ3n) is 0.298. The second-order valence-corrected chi connectivity index (χ2v) is 2.25. The number of rotatable bonds is 1. The van der Waals surface area contributed by atoms with E-state index in [4.69, 9.17) is 5.92 Å². The highest BCUT2D eigenvalue weighted by molar-refractivity contribution is 7.85. The van der Waals surface area contributed by atoms with Crippen LogP contribution in [0.25, 0.3) is 0 Å². The lowest BCUT2D eigenvalue weighted by Crippen LogP contribution is -1.97. The van der Waals surface area contributed by atoms with Crippen molar-refractivity contribution in [3.63, 3.8) is 0 Å². The molecule has 38 valence electrons. The number of hydrogen-bond acceptors (Lipinski definition) is 2. The van der Waals surface area contributed by atoms with Crippen molar-refractivity contribution in [3.8, 4) is 0 Å². The predicted octanol–water partition coefficient (Wildman–Crippen LogP) is -0.106. The first-order valence-electron chi connectivity index (χ1n) is 1.91. The first-order chi connectivity index (χ1) is 2.94. The van der Waals surface area contributed by atoms with Crippen molar-refractivity contribution in [2.75, 3.05) is 5.73 Å². The summed E-state index contributed by atoms with van der Waals surface area (Å²) in [5.74, 6) is 0. The van der Waals surface area contributed by atoms with Gasteiger partial charge in [0, 0.05) is 1.37 Å². The molecule has 0 fully saturated rings. The van der Waals surface area contributed by atoms with Gasteiger partial charge in [-0.3, -0.25) is 4.55 Å². The molecule has 0 aliphatic rings. The van der Waals surface area contributed by atoms with Crippen LogP contribution in [0.2, 0.25) is 0 Å². The van der Waals surface area contributed by atoms with Crippen molar-refractivity contribution in [2.24, 2.45) is 0 Å². The summed E-state index contributed by atoms with van der Waals surface area (Å²) in [6.07, 6.45) is 0. The summed E-state index contributed by atoms with van der Waals surface area (Å²) in [7, 11) is -4.07. The molecule has 0 spiro atoms. The minimum absolute atomic E-state index is 1.08. The van der Waals surface area contributed by atoms with E-state index in [2.05, 4.69) is 0 Å². The molecular weight excluding hydrogens is 104 g/mol. The molecule has 0 radical (unpaired) electrons. The third kappa shape index (κ3) is 3.91. The molecule has 1 atom stereocenters. The lowest BCUT2D eigenvalue weighted by molar-refractivity contribution is 0.484. The summed E-state index contributed by atoms with van der Waals surface area (Å²) >= 11 is 0. The molecular formula is C2H6O3S. The van der Waals surface area contributed by atoms with Gasteiger partial charge in [0.2, 0.25) is 0 Å². The summed E-state index contributed by atoms with van der Waals surface area (Å²) < 4.78 is 33.7. The van der Waals surface area contributed by atoms with Crippen LogP contribution < -0.4 is 0 Å². The Bertz CT molecular complexity index is 135. The predicted molar refractivity (Wildman–Crippen MR) is 22.1 cm³/mol. The van der Waals surface area contributed by atoms with Crippen LogP contribution >= 0.6 is 0 Å². The Labute approximate surface area is 38.1 Å². The van der Waals surface area contributed by atoms with E-state index < -0.39 is 15.8 Å². The van der Waals surface area contributed by atoms with Crippen molar-refractivity contribution in [1.82, 2.24) is 0 Å². The molecule has 0 amide bonds. The SMILES string of the molecule is [2H]C(C)S(=O)(=O)O. The molecule has 4 heteroatoms. The first kappa shape index (κ1) is 4.08. The van der Waals surface area contributed by atoms with Crippen LogP contribution in [-0.2, 0) is 10.1 Å². The Balaban J connectivity index is 4.10. The summed E-state index contributed by atoms with van der Waals surface area (Å²) in [6.45, 7) is 1.08. The summed E-state index contributed by atoms with van der Waals surface area (Å²) in [5.41, 5.74) is -1.42. The van der Waals surface area contributed by atoms with Gasteiger partial charge in [0.15, 0.2) is 0 Å². The average molecular weight is 111 g/mol. The van der Waals surface area contributed by atoms with E-state index in [0.29, 0.717) is 0 Å². The Hall–Kier alpha value is -0.0900. The van der Waals surface area contributed by atoms with Crippen LogP contribution in [0.15, 0.2) is 0 Å². The molecule has 0 aromatic carbocycles. The average Bonchev–Trinajstić information content (AvgIpc) is 1.31. The maximum absolute atomic E-state index is 9.70. The zero-order chi connectivity index (χ0) is 6.08. The zero-order valence-electron chi connectivity index (χ0n) is 4.25. The highest BCUT2D eigenvalue weighted by Crippen LogP contribution is 1.74. The van der Waals surface area contributed by atoms with Crippen LogP contribution in [-0.4, -0.2) is 18.7 Å². The molecule has 1 N–H and O–H groups in total. The van der Waals surface area contributed by atoms with Crippen molar-refractivity contribution in [1.29, 1.82) is 0 Å². The van der Waals surface area contributed by atoms with Crippen molar-refractivity contribution >= 4 is 10.1 Å². The number of hydrogen-bond donors (Lipinski definition) is 1. The molecule has 3 nitrogen and oxygen atoms in total. The summed E-state index contributed by atoms with van der Waals surface area (Å²) in [5, 5.41) is 0. The van der Waals surface area contributed by atoms with Gasteiger partial charge in [-0.2, -0.15) is 8.42 Å². The van der Waals surface area contributed by atoms with E-state index in [1.165, 1.54) is 0 Å². The second-order valence-electron chi connectivity index (χ2n) is 0.751. The highest BCUT2D eigenvalue weighted by atomic mass is 32.2. The van der Waals surface area contributed by atoms with Gasteiger partial charge in [-0.1, -0.05) is 0 Å². The third-order valence-corrected chi connectivity index (χ3v) is 0.894. The van der Waals surface area contributed by atoms with Crippen LogP contribution in [0, 0.1) is 0 Å². The standard InChI is InChI=1S/C2H6O3S/c1-2-6(3,4)5/h2H2,1H3,(H,3,4,5)/i2D. The molecule has 1 unspecified atom stereocenters. The largest absolute Gasteiger partial charge is 0.286 e. The van der Waals surface area contributed by atoms with Gasteiger partial charge < -0.3 is 0 Å². The quantitative estimate of drug-likeness (QED) is 0.480. The maximum atomic E-state index is 9.70. The molecule has 0 aliphatic heterocycles. The van der Waals surface area contributed by atoms with Crippen LogP contribution in [0.4, 0.5) is 0 Å². The van der Waals surface area contributed by atoms with Gasteiger partial charge in [-0.05, 0) is 6.92 Å². The highest BCUT2D eigenvalue weighted by Gasteiger charge is 1.93. The fourth-order valence-electron chi connectivity index (χ4n) is 0. The van der Waals surface area contributed by atoms with E-state index in [9.17, 15) is 8.42 Å². The normalized spacial score (nSPS) is 19.3. The van der Waals surface area contributed by atoms with Gasteiger partial charge in [0.05, 0.1) is 5.73 Å². The van der Waals surface area contributed by atoms with Gasteiger partial charge in [-0.15, -0.1) is 0 Å². The molecule has 0 rings (SSSR count).